The average molecular weight is 473 g/mol. The van der Waals surface area contributed by atoms with Gasteiger partial charge in [0.25, 0.3) is 0 Å². The average Bonchev–Trinajstić information content (AvgIpc) is 3.03. The monoisotopic (exact) mass is 472 g/mol. The second-order valence-corrected chi connectivity index (χ2v) is 14.3. The van der Waals surface area contributed by atoms with Crippen molar-refractivity contribution in [1.82, 2.24) is 0 Å². The molecule has 4 aliphatic carbocycles. The van der Waals surface area contributed by atoms with E-state index in [0.29, 0.717) is 24.5 Å². The van der Waals surface area contributed by atoms with Gasteiger partial charge in [-0.1, -0.05) is 40.2 Å². The van der Waals surface area contributed by atoms with Crippen LogP contribution in [0.4, 0.5) is 0 Å². The normalized spacial score (nSPS) is 47.1. The first-order valence-electron chi connectivity index (χ1n) is 13.6. The van der Waals surface area contributed by atoms with Crippen molar-refractivity contribution >= 4 is 11.6 Å². The Morgan fingerprint density at radius 3 is 2.29 bits per heavy atom. The number of fused-ring (bicyclic) bond motifs is 5. The topological polar surface area (TPSA) is 74.6 Å². The van der Waals surface area contributed by atoms with Crippen LogP contribution in [-0.2, 0) is 9.59 Å². The van der Waals surface area contributed by atoms with Gasteiger partial charge in [-0.2, -0.15) is 0 Å². The summed E-state index contributed by atoms with van der Waals surface area (Å²) < 4.78 is 0. The minimum Gasteiger partial charge on any atom is -0.393 e. The number of Topliss-reactive ketones (excluding diaryl/α,β-unsaturated/α-hetero) is 1. The Morgan fingerprint density at radius 1 is 1.06 bits per heavy atom. The van der Waals surface area contributed by atoms with E-state index in [1.165, 1.54) is 0 Å². The number of aliphatic hydroxyl groups is 2. The summed E-state index contributed by atoms with van der Waals surface area (Å²) in [4.78, 5) is 25.5. The van der Waals surface area contributed by atoms with Gasteiger partial charge in [0.15, 0.2) is 5.78 Å². The summed E-state index contributed by atoms with van der Waals surface area (Å²) in [5, 5.41) is 23.4. The van der Waals surface area contributed by atoms with Gasteiger partial charge in [0.1, 0.15) is 5.78 Å². The SMILES string of the molecule is CC(C)=CC(=O)CC(C)(O)C1CCC2(C)C1CC(O)C1C3(C)CCC(=O)C(C)(C)C3CCC12C. The van der Waals surface area contributed by atoms with Gasteiger partial charge in [0.05, 0.1) is 11.7 Å². The van der Waals surface area contributed by atoms with Gasteiger partial charge in [0.2, 0.25) is 0 Å². The molecule has 2 N–H and O–H groups in total. The zero-order valence-electron chi connectivity index (χ0n) is 22.8. The van der Waals surface area contributed by atoms with Gasteiger partial charge >= 0.3 is 0 Å². The third kappa shape index (κ3) is 3.52. The molecule has 0 aromatic rings. The van der Waals surface area contributed by atoms with Crippen LogP contribution in [0.5, 0.6) is 0 Å². The highest BCUT2D eigenvalue weighted by Gasteiger charge is 2.71. The number of ketones is 2. The van der Waals surface area contributed by atoms with Gasteiger partial charge < -0.3 is 10.2 Å². The molecule has 192 valence electrons. The van der Waals surface area contributed by atoms with Crippen molar-refractivity contribution < 1.29 is 19.8 Å². The predicted octanol–water partition coefficient (Wildman–Crippen LogP) is 5.89. The van der Waals surface area contributed by atoms with Crippen LogP contribution in [0.15, 0.2) is 11.6 Å². The number of carbonyl (C=O) groups is 2. The summed E-state index contributed by atoms with van der Waals surface area (Å²) in [6, 6.07) is 0. The molecular weight excluding hydrogens is 424 g/mol. The van der Waals surface area contributed by atoms with Crippen molar-refractivity contribution in [3.8, 4) is 0 Å². The highest BCUT2D eigenvalue weighted by molar-refractivity contribution is 5.91. The highest BCUT2D eigenvalue weighted by Crippen LogP contribution is 2.75. The molecule has 0 amide bonds. The van der Waals surface area contributed by atoms with Crippen LogP contribution in [0.2, 0.25) is 0 Å². The Kier molecular flexibility index (Phi) is 6.14. The molecule has 4 heteroatoms. The van der Waals surface area contributed by atoms with Crippen LogP contribution >= 0.6 is 0 Å². The van der Waals surface area contributed by atoms with Crippen LogP contribution in [0.25, 0.3) is 0 Å². The highest BCUT2D eigenvalue weighted by atomic mass is 16.3. The number of hydrogen-bond acceptors (Lipinski definition) is 4. The number of aliphatic hydroxyl groups excluding tert-OH is 1. The van der Waals surface area contributed by atoms with E-state index < -0.39 is 11.7 Å². The molecule has 0 aromatic carbocycles. The third-order valence-electron chi connectivity index (χ3n) is 11.9. The minimum absolute atomic E-state index is 0.00465. The fourth-order valence-electron chi connectivity index (χ4n) is 10.2. The van der Waals surface area contributed by atoms with Crippen molar-refractivity contribution in [3.63, 3.8) is 0 Å². The Balaban J connectivity index is 1.68. The molecule has 0 heterocycles. The van der Waals surface area contributed by atoms with E-state index in [4.69, 9.17) is 0 Å². The quantitative estimate of drug-likeness (QED) is 0.501. The maximum absolute atomic E-state index is 12.9. The van der Waals surface area contributed by atoms with Gasteiger partial charge in [0, 0.05) is 18.3 Å². The second-order valence-electron chi connectivity index (χ2n) is 14.3. The minimum atomic E-state index is -1.07. The summed E-state index contributed by atoms with van der Waals surface area (Å²) in [5.41, 5.74) is -0.554. The first-order chi connectivity index (χ1) is 15.5. The largest absolute Gasteiger partial charge is 0.393 e. The summed E-state index contributed by atoms with van der Waals surface area (Å²) in [6.07, 6.45) is 7.48. The molecule has 0 saturated heterocycles. The molecule has 9 unspecified atom stereocenters. The van der Waals surface area contributed by atoms with Crippen LogP contribution in [0.3, 0.4) is 0 Å². The Hall–Kier alpha value is -1.00. The van der Waals surface area contributed by atoms with Crippen LogP contribution in [0, 0.1) is 45.3 Å². The van der Waals surface area contributed by atoms with E-state index in [1.54, 1.807) is 6.08 Å². The number of rotatable bonds is 4. The van der Waals surface area contributed by atoms with Crippen LogP contribution in [-0.4, -0.2) is 33.5 Å². The van der Waals surface area contributed by atoms with Crippen molar-refractivity contribution in [2.75, 3.05) is 0 Å². The standard InChI is InChI=1S/C30H48O4/c1-18(2)15-19(31)17-30(8,34)20-9-13-28(6)21(20)16-22(32)25-27(5)12-11-24(33)26(3,4)23(27)10-14-29(25,28)7/h15,20-23,25,32,34H,9-14,16-17H2,1-8H3. The smallest absolute Gasteiger partial charge is 0.158 e. The number of hydrogen-bond donors (Lipinski definition) is 2. The molecule has 0 aromatic heterocycles. The summed E-state index contributed by atoms with van der Waals surface area (Å²) in [7, 11) is 0. The zero-order valence-corrected chi connectivity index (χ0v) is 22.8. The molecule has 4 aliphatic rings. The molecule has 4 saturated carbocycles. The molecule has 9 atom stereocenters. The van der Waals surface area contributed by atoms with Gasteiger partial charge in [-0.05, 0) is 105 Å². The Morgan fingerprint density at radius 2 is 1.68 bits per heavy atom. The molecule has 34 heavy (non-hydrogen) atoms. The van der Waals surface area contributed by atoms with Crippen molar-refractivity contribution in [2.24, 2.45) is 45.3 Å². The summed E-state index contributed by atoms with van der Waals surface area (Å²) >= 11 is 0. The summed E-state index contributed by atoms with van der Waals surface area (Å²) in [6.45, 7) is 17.1. The second kappa shape index (κ2) is 8.00. The van der Waals surface area contributed by atoms with E-state index in [0.717, 1.165) is 37.7 Å². The van der Waals surface area contributed by atoms with Crippen molar-refractivity contribution in [1.29, 1.82) is 0 Å². The van der Waals surface area contributed by atoms with E-state index in [9.17, 15) is 19.8 Å². The van der Waals surface area contributed by atoms with Crippen LogP contribution < -0.4 is 0 Å². The Bertz CT molecular complexity index is 895. The zero-order chi connectivity index (χ0) is 25.5. The molecule has 4 nitrogen and oxygen atoms in total. The first kappa shape index (κ1) is 26.1. The molecular formula is C30H48O4. The van der Waals surface area contributed by atoms with Gasteiger partial charge in [-0.3, -0.25) is 9.59 Å². The van der Waals surface area contributed by atoms with Crippen molar-refractivity contribution in [3.05, 3.63) is 11.6 Å². The molecule has 4 fully saturated rings. The molecule has 4 rings (SSSR count). The van der Waals surface area contributed by atoms with Gasteiger partial charge in [-0.25, -0.2) is 0 Å². The molecule has 0 spiro atoms. The molecule has 0 radical (unpaired) electrons. The van der Waals surface area contributed by atoms with E-state index in [-0.39, 0.29) is 51.6 Å². The van der Waals surface area contributed by atoms with Crippen LogP contribution in [0.1, 0.15) is 107 Å². The lowest BCUT2D eigenvalue weighted by Crippen LogP contribution is -2.67. The third-order valence-corrected chi connectivity index (χ3v) is 11.9. The molecule has 0 aliphatic heterocycles. The van der Waals surface area contributed by atoms with E-state index >= 15 is 0 Å². The fraction of sp³-hybridized carbons (Fsp3) is 0.867. The van der Waals surface area contributed by atoms with Gasteiger partial charge in [-0.15, -0.1) is 0 Å². The number of carbonyl (C=O) groups excluding carboxylic acids is 2. The number of allylic oxidation sites excluding steroid dienone is 2. The molecule has 0 bridgehead atoms. The summed E-state index contributed by atoms with van der Waals surface area (Å²) in [5.74, 6) is 1.03. The first-order valence-corrected chi connectivity index (χ1v) is 13.6. The van der Waals surface area contributed by atoms with E-state index in [2.05, 4.69) is 34.6 Å². The van der Waals surface area contributed by atoms with Crippen molar-refractivity contribution in [2.45, 2.75) is 118 Å². The Labute approximate surface area is 207 Å². The lowest BCUT2D eigenvalue weighted by molar-refractivity contribution is -0.241. The van der Waals surface area contributed by atoms with E-state index in [1.807, 2.05) is 20.8 Å². The predicted molar refractivity (Wildman–Crippen MR) is 135 cm³/mol. The lowest BCUT2D eigenvalue weighted by atomic mass is 9.35. The maximum Gasteiger partial charge on any atom is 0.158 e. The maximum atomic E-state index is 12.9. The fourth-order valence-corrected chi connectivity index (χ4v) is 10.2. The lowest BCUT2D eigenvalue weighted by Gasteiger charge is -2.70.